The van der Waals surface area contributed by atoms with Crippen molar-refractivity contribution in [3.63, 3.8) is 0 Å². The fourth-order valence-corrected chi connectivity index (χ4v) is 3.05. The molecule has 0 saturated heterocycles. The summed E-state index contributed by atoms with van der Waals surface area (Å²) in [5, 5.41) is 4.47. The second kappa shape index (κ2) is 5.66. The summed E-state index contributed by atoms with van der Waals surface area (Å²) in [6.45, 7) is 0.916. The molecule has 98 valence electrons. The Morgan fingerprint density at radius 2 is 1.79 bits per heavy atom. The van der Waals surface area contributed by atoms with Crippen molar-refractivity contribution in [1.82, 2.24) is 5.32 Å². The molecule has 2 aromatic rings. The lowest BCUT2D eigenvalue weighted by molar-refractivity contribution is 0.533. The summed E-state index contributed by atoms with van der Waals surface area (Å²) in [5.41, 5.74) is 4.13. The van der Waals surface area contributed by atoms with Gasteiger partial charge in [0.1, 0.15) is 0 Å². The molecule has 0 bridgehead atoms. The number of rotatable bonds is 3. The molecule has 3 heteroatoms. The fraction of sp³-hybridized carbons (Fsp3) is 0.250. The standard InChI is InChI=1S/C16H15BrClN/c17-14-4-1-11(2-5-14)10-19-16-8-12-3-6-15(18)7-13(12)9-16/h1-7,16,19H,8-10H2. The van der Waals surface area contributed by atoms with E-state index in [1.165, 1.54) is 16.7 Å². The van der Waals surface area contributed by atoms with Gasteiger partial charge in [-0.2, -0.15) is 0 Å². The second-order valence-corrected chi connectivity index (χ2v) is 6.38. The SMILES string of the molecule is Clc1ccc2c(c1)CC(NCc1ccc(Br)cc1)C2. The van der Waals surface area contributed by atoms with E-state index in [0.717, 1.165) is 28.9 Å². The molecule has 0 heterocycles. The van der Waals surface area contributed by atoms with E-state index < -0.39 is 0 Å². The zero-order valence-electron chi connectivity index (χ0n) is 10.5. The van der Waals surface area contributed by atoms with Crippen molar-refractivity contribution in [1.29, 1.82) is 0 Å². The van der Waals surface area contributed by atoms with Crippen molar-refractivity contribution in [2.24, 2.45) is 0 Å². The first kappa shape index (κ1) is 13.2. The van der Waals surface area contributed by atoms with E-state index in [9.17, 15) is 0 Å². The average Bonchev–Trinajstić information content (AvgIpc) is 2.80. The van der Waals surface area contributed by atoms with Crippen molar-refractivity contribution >= 4 is 27.5 Å². The van der Waals surface area contributed by atoms with E-state index in [4.69, 9.17) is 11.6 Å². The minimum Gasteiger partial charge on any atom is -0.309 e. The molecule has 0 amide bonds. The van der Waals surface area contributed by atoms with Gasteiger partial charge >= 0.3 is 0 Å². The molecule has 1 atom stereocenters. The lowest BCUT2D eigenvalue weighted by atomic mass is 10.1. The van der Waals surface area contributed by atoms with Crippen LogP contribution in [-0.4, -0.2) is 6.04 Å². The Morgan fingerprint density at radius 1 is 1.05 bits per heavy atom. The second-order valence-electron chi connectivity index (χ2n) is 5.03. The van der Waals surface area contributed by atoms with Crippen molar-refractivity contribution in [3.8, 4) is 0 Å². The smallest absolute Gasteiger partial charge is 0.0408 e. The van der Waals surface area contributed by atoms with E-state index in [1.54, 1.807) is 0 Å². The third kappa shape index (κ3) is 3.19. The summed E-state index contributed by atoms with van der Waals surface area (Å²) in [4.78, 5) is 0. The highest BCUT2D eigenvalue weighted by Crippen LogP contribution is 2.25. The maximum absolute atomic E-state index is 6.03. The minimum atomic E-state index is 0.525. The van der Waals surface area contributed by atoms with E-state index in [-0.39, 0.29) is 0 Å². The van der Waals surface area contributed by atoms with Gasteiger partial charge in [0.2, 0.25) is 0 Å². The summed E-state index contributed by atoms with van der Waals surface area (Å²) >= 11 is 9.49. The van der Waals surface area contributed by atoms with Gasteiger partial charge in [-0.25, -0.2) is 0 Å². The molecule has 1 aliphatic carbocycles. The van der Waals surface area contributed by atoms with Crippen LogP contribution < -0.4 is 5.32 Å². The molecule has 0 radical (unpaired) electrons. The van der Waals surface area contributed by atoms with Crippen molar-refractivity contribution in [3.05, 3.63) is 68.7 Å². The van der Waals surface area contributed by atoms with Crippen LogP contribution in [0.15, 0.2) is 46.9 Å². The molecular formula is C16H15BrClN. The van der Waals surface area contributed by atoms with Gasteiger partial charge < -0.3 is 5.32 Å². The van der Waals surface area contributed by atoms with Gasteiger partial charge in [-0.15, -0.1) is 0 Å². The first-order chi connectivity index (χ1) is 9.20. The van der Waals surface area contributed by atoms with Gasteiger partial charge in [0.05, 0.1) is 0 Å². The van der Waals surface area contributed by atoms with Gasteiger partial charge in [-0.1, -0.05) is 45.7 Å². The van der Waals surface area contributed by atoms with E-state index in [2.05, 4.69) is 57.6 Å². The molecule has 2 aromatic carbocycles. The summed E-state index contributed by atoms with van der Waals surface area (Å²) in [6.07, 6.45) is 2.18. The highest BCUT2D eigenvalue weighted by atomic mass is 79.9. The molecule has 19 heavy (non-hydrogen) atoms. The van der Waals surface area contributed by atoms with Gasteiger partial charge in [-0.3, -0.25) is 0 Å². The van der Waals surface area contributed by atoms with Crippen molar-refractivity contribution in [2.75, 3.05) is 0 Å². The largest absolute Gasteiger partial charge is 0.309 e. The maximum atomic E-state index is 6.03. The quantitative estimate of drug-likeness (QED) is 0.878. The molecule has 0 saturated carbocycles. The number of fused-ring (bicyclic) bond motifs is 1. The zero-order chi connectivity index (χ0) is 13.2. The highest BCUT2D eigenvalue weighted by molar-refractivity contribution is 9.10. The summed E-state index contributed by atoms with van der Waals surface area (Å²) in [6, 6.07) is 15.2. The number of nitrogens with one attached hydrogen (secondary N) is 1. The van der Waals surface area contributed by atoms with Crippen LogP contribution in [-0.2, 0) is 19.4 Å². The predicted octanol–water partition coefficient (Wildman–Crippen LogP) is 4.36. The van der Waals surface area contributed by atoms with Gasteiger partial charge in [0, 0.05) is 22.1 Å². The lowest BCUT2D eigenvalue weighted by Gasteiger charge is -2.11. The molecule has 1 unspecified atom stereocenters. The Balaban J connectivity index is 1.60. The Labute approximate surface area is 127 Å². The van der Waals surface area contributed by atoms with Crippen molar-refractivity contribution in [2.45, 2.75) is 25.4 Å². The molecule has 1 nitrogen and oxygen atoms in total. The third-order valence-corrected chi connectivity index (χ3v) is 4.37. The molecule has 1 N–H and O–H groups in total. The Bertz CT molecular complexity index is 580. The van der Waals surface area contributed by atoms with Crippen LogP contribution in [0.2, 0.25) is 5.02 Å². The molecular weight excluding hydrogens is 322 g/mol. The van der Waals surface area contributed by atoms with Crippen molar-refractivity contribution < 1.29 is 0 Å². The lowest BCUT2D eigenvalue weighted by Crippen LogP contribution is -2.28. The average molecular weight is 337 g/mol. The number of hydrogen-bond donors (Lipinski definition) is 1. The molecule has 0 aromatic heterocycles. The van der Waals surface area contributed by atoms with E-state index >= 15 is 0 Å². The number of halogens is 2. The van der Waals surface area contributed by atoms with E-state index in [1.807, 2.05) is 6.07 Å². The summed E-state index contributed by atoms with van der Waals surface area (Å²) in [5.74, 6) is 0. The summed E-state index contributed by atoms with van der Waals surface area (Å²) in [7, 11) is 0. The van der Waals surface area contributed by atoms with Crippen LogP contribution in [0.1, 0.15) is 16.7 Å². The minimum absolute atomic E-state index is 0.525. The van der Waals surface area contributed by atoms with Gasteiger partial charge in [-0.05, 0) is 53.8 Å². The Hall–Kier alpha value is -0.830. The zero-order valence-corrected chi connectivity index (χ0v) is 12.8. The highest BCUT2D eigenvalue weighted by Gasteiger charge is 2.20. The maximum Gasteiger partial charge on any atom is 0.0408 e. The Kier molecular flexibility index (Phi) is 3.92. The van der Waals surface area contributed by atoms with Crippen LogP contribution in [0, 0.1) is 0 Å². The molecule has 0 aliphatic heterocycles. The number of benzene rings is 2. The third-order valence-electron chi connectivity index (χ3n) is 3.61. The monoisotopic (exact) mass is 335 g/mol. The van der Waals surface area contributed by atoms with E-state index in [0.29, 0.717) is 6.04 Å². The summed E-state index contributed by atoms with van der Waals surface area (Å²) < 4.78 is 1.12. The van der Waals surface area contributed by atoms with Crippen LogP contribution in [0.5, 0.6) is 0 Å². The predicted molar refractivity (Wildman–Crippen MR) is 83.6 cm³/mol. The van der Waals surface area contributed by atoms with Crippen LogP contribution in [0.3, 0.4) is 0 Å². The molecule has 1 aliphatic rings. The van der Waals surface area contributed by atoms with Crippen LogP contribution >= 0.6 is 27.5 Å². The Morgan fingerprint density at radius 3 is 2.58 bits per heavy atom. The molecule has 0 fully saturated rings. The fourth-order valence-electron chi connectivity index (χ4n) is 2.60. The number of hydrogen-bond acceptors (Lipinski definition) is 1. The first-order valence-corrected chi connectivity index (χ1v) is 7.63. The molecule has 3 rings (SSSR count). The first-order valence-electron chi connectivity index (χ1n) is 6.46. The van der Waals surface area contributed by atoms with Crippen LogP contribution in [0.25, 0.3) is 0 Å². The van der Waals surface area contributed by atoms with Gasteiger partial charge in [0.25, 0.3) is 0 Å². The normalized spacial score (nSPS) is 17.5. The van der Waals surface area contributed by atoms with Gasteiger partial charge in [0.15, 0.2) is 0 Å². The molecule has 0 spiro atoms. The topological polar surface area (TPSA) is 12.0 Å². The van der Waals surface area contributed by atoms with Crippen LogP contribution in [0.4, 0.5) is 0 Å².